The minimum Gasteiger partial charge on any atom is -0.387 e. The number of fused-ring (bicyclic) bond motifs is 1. The summed E-state index contributed by atoms with van der Waals surface area (Å²) in [5, 5.41) is 17.1. The van der Waals surface area contributed by atoms with Gasteiger partial charge in [0, 0.05) is 19.0 Å². The summed E-state index contributed by atoms with van der Waals surface area (Å²) in [5.41, 5.74) is -1.75. The fraction of sp³-hybridized carbons (Fsp3) is 0.211. The predicted molar refractivity (Wildman–Crippen MR) is 95.7 cm³/mol. The largest absolute Gasteiger partial charge is 0.416 e. The van der Waals surface area contributed by atoms with Gasteiger partial charge in [-0.15, -0.1) is 0 Å². The fourth-order valence-corrected chi connectivity index (χ4v) is 2.90. The number of aryl methyl sites for hydroxylation is 1. The highest BCUT2D eigenvalue weighted by Crippen LogP contribution is 2.34. The molecule has 0 radical (unpaired) electrons. The van der Waals surface area contributed by atoms with Gasteiger partial charge in [0.1, 0.15) is 0 Å². The number of carbonyl (C=O) groups excluding carboxylic acids is 1. The van der Waals surface area contributed by atoms with Crippen molar-refractivity contribution in [3.8, 4) is 0 Å². The lowest BCUT2D eigenvalue weighted by atomic mass is 10.0. The molecule has 2 aromatic carbocycles. The Kier molecular flexibility index (Phi) is 5.19. The molecule has 9 heteroatoms. The van der Waals surface area contributed by atoms with Crippen molar-refractivity contribution < 1.29 is 23.1 Å². The minimum atomic E-state index is -4.63. The zero-order chi connectivity index (χ0) is 20.5. The van der Waals surface area contributed by atoms with Crippen molar-refractivity contribution in [2.75, 3.05) is 6.54 Å². The van der Waals surface area contributed by atoms with Gasteiger partial charge in [-0.05, 0) is 17.7 Å². The van der Waals surface area contributed by atoms with E-state index in [4.69, 9.17) is 0 Å². The molecule has 1 aromatic heterocycles. The van der Waals surface area contributed by atoms with Gasteiger partial charge in [0.05, 0.1) is 17.1 Å². The molecule has 0 saturated carbocycles. The van der Waals surface area contributed by atoms with Crippen LogP contribution in [0, 0.1) is 0 Å². The van der Waals surface area contributed by atoms with E-state index in [1.165, 1.54) is 19.2 Å². The molecule has 0 aliphatic rings. The van der Waals surface area contributed by atoms with E-state index in [1.807, 2.05) is 0 Å². The number of aliphatic hydroxyl groups is 1. The van der Waals surface area contributed by atoms with Crippen LogP contribution in [-0.4, -0.2) is 27.3 Å². The Hall–Kier alpha value is -3.20. The Labute approximate surface area is 157 Å². The molecule has 0 saturated heterocycles. The lowest BCUT2D eigenvalue weighted by molar-refractivity contribution is -0.139. The Morgan fingerprint density at radius 3 is 2.43 bits per heavy atom. The van der Waals surface area contributed by atoms with E-state index in [0.717, 1.165) is 16.8 Å². The molecule has 3 aromatic rings. The van der Waals surface area contributed by atoms with E-state index in [2.05, 4.69) is 10.4 Å². The molecule has 1 heterocycles. The number of aromatic nitrogens is 2. The third-order valence-corrected chi connectivity index (χ3v) is 4.25. The highest BCUT2D eigenvalue weighted by atomic mass is 19.4. The molecular weight excluding hydrogens is 375 g/mol. The van der Waals surface area contributed by atoms with Gasteiger partial charge in [-0.1, -0.05) is 36.4 Å². The van der Waals surface area contributed by atoms with Crippen LogP contribution in [0.5, 0.6) is 0 Å². The van der Waals surface area contributed by atoms with Crippen LogP contribution in [0.4, 0.5) is 13.2 Å². The molecule has 0 spiro atoms. The zero-order valence-electron chi connectivity index (χ0n) is 14.7. The topological polar surface area (TPSA) is 84.2 Å². The van der Waals surface area contributed by atoms with Crippen LogP contribution in [0.15, 0.2) is 53.3 Å². The summed E-state index contributed by atoms with van der Waals surface area (Å²) in [6.45, 7) is -0.454. The number of nitrogens with one attached hydrogen (secondary N) is 1. The maximum absolute atomic E-state index is 13.1. The number of rotatable bonds is 4. The number of benzene rings is 2. The Bertz CT molecular complexity index is 1090. The second-order valence-corrected chi connectivity index (χ2v) is 6.13. The lowest BCUT2D eigenvalue weighted by Gasteiger charge is -2.18. The van der Waals surface area contributed by atoms with Crippen molar-refractivity contribution in [1.29, 1.82) is 0 Å². The average Bonchev–Trinajstić information content (AvgIpc) is 2.68. The highest BCUT2D eigenvalue weighted by molar-refractivity contribution is 6.04. The lowest BCUT2D eigenvalue weighted by Crippen LogP contribution is -2.32. The molecule has 146 valence electrons. The van der Waals surface area contributed by atoms with Crippen LogP contribution in [0.25, 0.3) is 10.8 Å². The van der Waals surface area contributed by atoms with Gasteiger partial charge >= 0.3 is 6.18 Å². The van der Waals surface area contributed by atoms with Crippen molar-refractivity contribution in [3.05, 3.63) is 75.7 Å². The van der Waals surface area contributed by atoms with E-state index < -0.39 is 30.3 Å². The first kappa shape index (κ1) is 19.6. The summed E-state index contributed by atoms with van der Waals surface area (Å²) in [4.78, 5) is 24.6. The maximum Gasteiger partial charge on any atom is 0.416 e. The van der Waals surface area contributed by atoms with Gasteiger partial charge in [-0.3, -0.25) is 9.59 Å². The van der Waals surface area contributed by atoms with Crippen LogP contribution in [0.1, 0.15) is 27.7 Å². The molecule has 0 bridgehead atoms. The standard InChI is InChI=1S/C19H16F3N3O3/c1-25-18(28)12-7-3-2-6-11(12)16(24-25)17(27)23-10-15(26)13-8-4-5-9-14(13)19(20,21)22/h2-9,15,26H,10H2,1H3,(H,23,27). The van der Waals surface area contributed by atoms with Gasteiger partial charge in [0.25, 0.3) is 11.5 Å². The molecule has 0 fully saturated rings. The molecule has 2 N–H and O–H groups in total. The second-order valence-electron chi connectivity index (χ2n) is 6.13. The van der Waals surface area contributed by atoms with Crippen LogP contribution >= 0.6 is 0 Å². The summed E-state index contributed by atoms with van der Waals surface area (Å²) in [6, 6.07) is 11.0. The first-order chi connectivity index (χ1) is 13.2. The molecule has 1 atom stereocenters. The van der Waals surface area contributed by atoms with E-state index >= 15 is 0 Å². The number of hydrogen-bond acceptors (Lipinski definition) is 4. The molecular formula is C19H16F3N3O3. The summed E-state index contributed by atoms with van der Waals surface area (Å²) in [7, 11) is 1.39. The van der Waals surface area contributed by atoms with Crippen LogP contribution in [-0.2, 0) is 13.2 Å². The zero-order valence-corrected chi connectivity index (χ0v) is 14.7. The van der Waals surface area contributed by atoms with Crippen LogP contribution in [0.2, 0.25) is 0 Å². The number of aliphatic hydroxyl groups excluding tert-OH is 1. The number of hydrogen-bond donors (Lipinski definition) is 2. The monoisotopic (exact) mass is 391 g/mol. The summed E-state index contributed by atoms with van der Waals surface area (Å²) >= 11 is 0. The number of carbonyl (C=O) groups is 1. The SMILES string of the molecule is Cn1nc(C(=O)NCC(O)c2ccccc2C(F)(F)F)c2ccccc2c1=O. The van der Waals surface area contributed by atoms with E-state index in [-0.39, 0.29) is 22.2 Å². The minimum absolute atomic E-state index is 0.0611. The number of nitrogens with zero attached hydrogens (tertiary/aromatic N) is 2. The normalized spacial score (nSPS) is 12.8. The second kappa shape index (κ2) is 7.43. The molecule has 1 amide bonds. The first-order valence-corrected chi connectivity index (χ1v) is 8.28. The quantitative estimate of drug-likeness (QED) is 0.716. The van der Waals surface area contributed by atoms with Gasteiger partial charge < -0.3 is 10.4 Å². The van der Waals surface area contributed by atoms with Crippen molar-refractivity contribution in [1.82, 2.24) is 15.1 Å². The summed E-state index contributed by atoms with van der Waals surface area (Å²) in [5.74, 6) is -0.713. The third kappa shape index (κ3) is 3.74. The number of halogens is 3. The Morgan fingerprint density at radius 2 is 1.75 bits per heavy atom. The van der Waals surface area contributed by atoms with Crippen LogP contribution in [0.3, 0.4) is 0 Å². The number of alkyl halides is 3. The predicted octanol–water partition coefficient (Wildman–Crippen LogP) is 2.42. The summed E-state index contributed by atoms with van der Waals surface area (Å²) in [6.07, 6.45) is -6.20. The maximum atomic E-state index is 13.1. The Morgan fingerprint density at radius 1 is 1.14 bits per heavy atom. The molecule has 3 rings (SSSR count). The average molecular weight is 391 g/mol. The van der Waals surface area contributed by atoms with Crippen LogP contribution < -0.4 is 10.9 Å². The highest BCUT2D eigenvalue weighted by Gasteiger charge is 2.34. The first-order valence-electron chi connectivity index (χ1n) is 8.28. The fourth-order valence-electron chi connectivity index (χ4n) is 2.90. The van der Waals surface area contributed by atoms with Gasteiger partial charge in [0.15, 0.2) is 5.69 Å². The number of amides is 1. The van der Waals surface area contributed by atoms with Crippen molar-refractivity contribution in [2.24, 2.45) is 7.05 Å². The van der Waals surface area contributed by atoms with Crippen molar-refractivity contribution in [3.63, 3.8) is 0 Å². The van der Waals surface area contributed by atoms with E-state index in [0.29, 0.717) is 5.39 Å². The third-order valence-electron chi connectivity index (χ3n) is 4.25. The summed E-state index contributed by atoms with van der Waals surface area (Å²) < 4.78 is 40.3. The van der Waals surface area contributed by atoms with Gasteiger partial charge in [-0.2, -0.15) is 18.3 Å². The molecule has 1 unspecified atom stereocenters. The molecule has 0 aliphatic carbocycles. The molecule has 0 aliphatic heterocycles. The molecule has 28 heavy (non-hydrogen) atoms. The van der Waals surface area contributed by atoms with Gasteiger partial charge in [-0.25, -0.2) is 4.68 Å². The van der Waals surface area contributed by atoms with Crippen molar-refractivity contribution >= 4 is 16.7 Å². The van der Waals surface area contributed by atoms with E-state index in [1.54, 1.807) is 24.3 Å². The smallest absolute Gasteiger partial charge is 0.387 e. The van der Waals surface area contributed by atoms with Crippen molar-refractivity contribution in [2.45, 2.75) is 12.3 Å². The van der Waals surface area contributed by atoms with Gasteiger partial charge in [0.2, 0.25) is 0 Å². The molecule has 6 nitrogen and oxygen atoms in total. The van der Waals surface area contributed by atoms with E-state index in [9.17, 15) is 27.9 Å². The Balaban J connectivity index is 1.85.